The fourth-order valence-corrected chi connectivity index (χ4v) is 4.90. The zero-order valence-electron chi connectivity index (χ0n) is 15.9. The molecule has 2 N–H and O–H groups in total. The zero-order valence-corrected chi connectivity index (χ0v) is 16.7. The van der Waals surface area contributed by atoms with Crippen LogP contribution in [0.15, 0.2) is 102 Å². The van der Waals surface area contributed by atoms with Gasteiger partial charge in [0.15, 0.2) is 0 Å². The van der Waals surface area contributed by atoms with E-state index in [0.29, 0.717) is 5.84 Å². The molecule has 0 radical (unpaired) electrons. The lowest BCUT2D eigenvalue weighted by molar-refractivity contribution is 1.20. The van der Waals surface area contributed by atoms with E-state index in [1.807, 2.05) is 41.7 Å². The van der Waals surface area contributed by atoms with Gasteiger partial charge in [-0.05, 0) is 29.3 Å². The molecular formula is C26H20N2S. The standard InChI is InChI=1S/C26H20N2S/c27-26(19-11-5-2-6-12-19)28-22-15-16-24-25(20-13-7-8-14-23(20)29-24)21(22)17-18-9-3-1-4-10-18/h1-16H,17H2,(H2,27,28). The number of fused-ring (bicyclic) bond motifs is 3. The van der Waals surface area contributed by atoms with Gasteiger partial charge in [0.05, 0.1) is 5.69 Å². The third-order valence-electron chi connectivity index (χ3n) is 5.16. The number of hydrogen-bond donors (Lipinski definition) is 1. The highest BCUT2D eigenvalue weighted by molar-refractivity contribution is 7.25. The first-order valence-electron chi connectivity index (χ1n) is 9.66. The maximum absolute atomic E-state index is 6.37. The van der Waals surface area contributed by atoms with Gasteiger partial charge >= 0.3 is 0 Å². The molecule has 0 aliphatic carbocycles. The smallest absolute Gasteiger partial charge is 0.131 e. The average Bonchev–Trinajstić information content (AvgIpc) is 3.15. The fraction of sp³-hybridized carbons (Fsp3) is 0.0385. The molecule has 5 rings (SSSR count). The third kappa shape index (κ3) is 3.41. The van der Waals surface area contributed by atoms with E-state index in [0.717, 1.165) is 17.7 Å². The van der Waals surface area contributed by atoms with Gasteiger partial charge in [0.25, 0.3) is 0 Å². The van der Waals surface area contributed by atoms with Crippen LogP contribution in [0.4, 0.5) is 5.69 Å². The Kier molecular flexibility index (Phi) is 4.59. The number of hydrogen-bond acceptors (Lipinski definition) is 2. The summed E-state index contributed by atoms with van der Waals surface area (Å²) >= 11 is 1.83. The van der Waals surface area contributed by atoms with Crippen molar-refractivity contribution >= 4 is 43.0 Å². The van der Waals surface area contributed by atoms with Gasteiger partial charge in [-0.3, -0.25) is 0 Å². The molecular weight excluding hydrogens is 372 g/mol. The number of aliphatic imine (C=N–C) groups is 1. The minimum absolute atomic E-state index is 0.541. The Morgan fingerprint density at radius 1 is 0.724 bits per heavy atom. The van der Waals surface area contributed by atoms with Crippen LogP contribution in [0.3, 0.4) is 0 Å². The normalized spacial score (nSPS) is 11.9. The number of amidine groups is 1. The predicted octanol–water partition coefficient (Wildman–Crippen LogP) is 6.68. The first kappa shape index (κ1) is 17.7. The van der Waals surface area contributed by atoms with Crippen LogP contribution in [-0.2, 0) is 6.42 Å². The first-order chi connectivity index (χ1) is 14.3. The Hall–Kier alpha value is -3.43. The molecule has 0 saturated carbocycles. The molecule has 0 aliphatic heterocycles. The summed E-state index contributed by atoms with van der Waals surface area (Å²) < 4.78 is 2.59. The van der Waals surface area contributed by atoms with Gasteiger partial charge in [0.1, 0.15) is 5.84 Å². The second kappa shape index (κ2) is 7.53. The van der Waals surface area contributed by atoms with Gasteiger partial charge in [-0.2, -0.15) is 0 Å². The second-order valence-electron chi connectivity index (χ2n) is 7.06. The number of thiophene rings is 1. The summed E-state index contributed by atoms with van der Waals surface area (Å²) in [6.07, 6.45) is 0.819. The summed E-state index contributed by atoms with van der Waals surface area (Å²) in [5, 5.41) is 2.57. The largest absolute Gasteiger partial charge is 0.383 e. The van der Waals surface area contributed by atoms with E-state index in [2.05, 4.69) is 66.7 Å². The zero-order chi connectivity index (χ0) is 19.6. The molecule has 29 heavy (non-hydrogen) atoms. The van der Waals surface area contributed by atoms with Crippen LogP contribution in [-0.4, -0.2) is 5.84 Å². The van der Waals surface area contributed by atoms with Gasteiger partial charge in [0, 0.05) is 32.2 Å². The maximum atomic E-state index is 6.37. The van der Waals surface area contributed by atoms with E-state index in [9.17, 15) is 0 Å². The quantitative estimate of drug-likeness (QED) is 0.269. The molecule has 3 heteroatoms. The van der Waals surface area contributed by atoms with E-state index in [-0.39, 0.29) is 0 Å². The topological polar surface area (TPSA) is 38.4 Å². The molecule has 140 valence electrons. The van der Waals surface area contributed by atoms with Crippen LogP contribution in [0.25, 0.3) is 20.2 Å². The van der Waals surface area contributed by atoms with Crippen molar-refractivity contribution in [3.8, 4) is 0 Å². The molecule has 0 amide bonds. The Morgan fingerprint density at radius 2 is 1.41 bits per heavy atom. The van der Waals surface area contributed by atoms with Gasteiger partial charge in [0.2, 0.25) is 0 Å². The maximum Gasteiger partial charge on any atom is 0.131 e. The minimum Gasteiger partial charge on any atom is -0.383 e. The molecule has 1 heterocycles. The third-order valence-corrected chi connectivity index (χ3v) is 6.30. The van der Waals surface area contributed by atoms with Crippen LogP contribution in [0.2, 0.25) is 0 Å². The first-order valence-corrected chi connectivity index (χ1v) is 10.5. The lowest BCUT2D eigenvalue weighted by Crippen LogP contribution is -2.12. The number of benzene rings is 4. The van der Waals surface area contributed by atoms with Crippen molar-refractivity contribution in [3.63, 3.8) is 0 Å². The summed E-state index contributed by atoms with van der Waals surface area (Å²) in [4.78, 5) is 4.86. The van der Waals surface area contributed by atoms with E-state index in [1.165, 1.54) is 31.3 Å². The predicted molar refractivity (Wildman–Crippen MR) is 125 cm³/mol. The SMILES string of the molecule is NC(=Nc1ccc2sc3ccccc3c2c1Cc1ccccc1)c1ccccc1. The molecule has 1 aromatic heterocycles. The highest BCUT2D eigenvalue weighted by atomic mass is 32.1. The van der Waals surface area contributed by atoms with Crippen molar-refractivity contribution < 1.29 is 0 Å². The molecule has 0 bridgehead atoms. The Labute approximate surface area is 174 Å². The van der Waals surface area contributed by atoms with Crippen molar-refractivity contribution in [2.45, 2.75) is 6.42 Å². The number of nitrogens with zero attached hydrogens (tertiary/aromatic N) is 1. The van der Waals surface area contributed by atoms with E-state index in [1.54, 1.807) is 0 Å². The second-order valence-corrected chi connectivity index (χ2v) is 8.14. The van der Waals surface area contributed by atoms with Crippen LogP contribution in [0, 0.1) is 0 Å². The summed E-state index contributed by atoms with van der Waals surface area (Å²) in [5.41, 5.74) is 10.7. The Bertz CT molecular complexity index is 1320. The van der Waals surface area contributed by atoms with Crippen LogP contribution >= 0.6 is 11.3 Å². The van der Waals surface area contributed by atoms with Gasteiger partial charge in [-0.1, -0.05) is 78.9 Å². The molecule has 5 aromatic rings. The summed E-state index contributed by atoms with van der Waals surface area (Å²) in [6.45, 7) is 0. The van der Waals surface area contributed by atoms with Crippen molar-refractivity contribution in [2.75, 3.05) is 0 Å². The van der Waals surface area contributed by atoms with Crippen LogP contribution in [0.1, 0.15) is 16.7 Å². The van der Waals surface area contributed by atoms with E-state index in [4.69, 9.17) is 10.7 Å². The summed E-state index contributed by atoms with van der Waals surface area (Å²) in [5.74, 6) is 0.541. The number of nitrogens with two attached hydrogens (primary N) is 1. The van der Waals surface area contributed by atoms with Crippen LogP contribution < -0.4 is 5.73 Å². The van der Waals surface area contributed by atoms with E-state index < -0.39 is 0 Å². The molecule has 0 aliphatic rings. The lowest BCUT2D eigenvalue weighted by Gasteiger charge is -2.10. The molecule has 0 saturated heterocycles. The molecule has 0 spiro atoms. The fourth-order valence-electron chi connectivity index (χ4n) is 3.76. The van der Waals surface area contributed by atoms with Gasteiger partial charge < -0.3 is 5.73 Å². The molecule has 4 aromatic carbocycles. The summed E-state index contributed by atoms with van der Waals surface area (Å²) in [6, 6.07) is 33.4. The highest BCUT2D eigenvalue weighted by Crippen LogP contribution is 2.40. The highest BCUT2D eigenvalue weighted by Gasteiger charge is 2.14. The number of rotatable bonds is 4. The van der Waals surface area contributed by atoms with Crippen LogP contribution in [0.5, 0.6) is 0 Å². The van der Waals surface area contributed by atoms with Gasteiger partial charge in [-0.25, -0.2) is 4.99 Å². The van der Waals surface area contributed by atoms with Crippen molar-refractivity contribution in [1.29, 1.82) is 0 Å². The Morgan fingerprint density at radius 3 is 2.21 bits per heavy atom. The molecule has 2 nitrogen and oxygen atoms in total. The lowest BCUT2D eigenvalue weighted by atomic mass is 9.98. The summed E-state index contributed by atoms with van der Waals surface area (Å²) in [7, 11) is 0. The molecule has 0 atom stereocenters. The Balaban J connectivity index is 1.74. The average molecular weight is 393 g/mol. The monoisotopic (exact) mass is 392 g/mol. The van der Waals surface area contributed by atoms with Crippen molar-refractivity contribution in [3.05, 3.63) is 114 Å². The van der Waals surface area contributed by atoms with E-state index >= 15 is 0 Å². The van der Waals surface area contributed by atoms with Crippen molar-refractivity contribution in [1.82, 2.24) is 0 Å². The van der Waals surface area contributed by atoms with Crippen molar-refractivity contribution in [2.24, 2.45) is 10.7 Å². The van der Waals surface area contributed by atoms with Gasteiger partial charge in [-0.15, -0.1) is 11.3 Å². The minimum atomic E-state index is 0.541. The molecule has 0 fully saturated rings. The molecule has 0 unspecified atom stereocenters.